The Bertz CT molecular complexity index is 929. The van der Waals surface area contributed by atoms with Crippen molar-refractivity contribution in [2.75, 3.05) is 0 Å². The zero-order valence-corrected chi connectivity index (χ0v) is 15.4. The molecule has 3 aromatic rings. The number of carbonyl (C=O) groups is 1. The van der Waals surface area contributed by atoms with Gasteiger partial charge in [0.05, 0.1) is 0 Å². The van der Waals surface area contributed by atoms with E-state index < -0.39 is 5.54 Å². The molecule has 6 nitrogen and oxygen atoms in total. The number of furan rings is 1. The number of carbonyl (C=O) groups excluding carboxylic acids is 1. The minimum absolute atomic E-state index is 0.181. The number of hydrogen-bond donors (Lipinski definition) is 1. The van der Waals surface area contributed by atoms with Crippen LogP contribution in [0.2, 0.25) is 0 Å². The topological polar surface area (TPSA) is 81.2 Å². The number of nitrogens with zero attached hydrogens (tertiary/aromatic N) is 2. The fourth-order valence-electron chi connectivity index (χ4n) is 3.75. The van der Waals surface area contributed by atoms with E-state index in [9.17, 15) is 4.79 Å². The van der Waals surface area contributed by atoms with Gasteiger partial charge in [-0.1, -0.05) is 49.0 Å². The molecule has 1 amide bonds. The Labute approximate surface area is 157 Å². The molecule has 140 valence electrons. The predicted octanol–water partition coefficient (Wildman–Crippen LogP) is 4.50. The molecule has 2 heterocycles. The van der Waals surface area contributed by atoms with Gasteiger partial charge in [-0.15, -0.1) is 0 Å². The van der Waals surface area contributed by atoms with Gasteiger partial charge in [-0.25, -0.2) is 0 Å². The second-order valence-corrected chi connectivity index (χ2v) is 7.14. The molecular formula is C21H23N3O3. The smallest absolute Gasteiger partial charge is 0.244 e. The van der Waals surface area contributed by atoms with Gasteiger partial charge in [-0.3, -0.25) is 4.79 Å². The first kappa shape index (κ1) is 17.5. The lowest BCUT2D eigenvalue weighted by molar-refractivity contribution is -0.118. The number of hydrogen-bond acceptors (Lipinski definition) is 5. The maximum absolute atomic E-state index is 12.7. The Morgan fingerprint density at radius 2 is 1.96 bits per heavy atom. The Morgan fingerprint density at radius 3 is 2.67 bits per heavy atom. The molecule has 0 saturated heterocycles. The van der Waals surface area contributed by atoms with Crippen molar-refractivity contribution in [2.45, 2.75) is 51.0 Å². The van der Waals surface area contributed by atoms with Crippen molar-refractivity contribution in [2.24, 2.45) is 0 Å². The van der Waals surface area contributed by atoms with Gasteiger partial charge in [-0.05, 0) is 31.1 Å². The number of nitrogens with one attached hydrogen (secondary N) is 1. The van der Waals surface area contributed by atoms with Gasteiger partial charge in [0, 0.05) is 18.4 Å². The number of fused-ring (bicyclic) bond motifs is 1. The zero-order valence-electron chi connectivity index (χ0n) is 15.4. The van der Waals surface area contributed by atoms with Gasteiger partial charge in [0.2, 0.25) is 11.8 Å². The Morgan fingerprint density at radius 1 is 1.19 bits per heavy atom. The molecule has 27 heavy (non-hydrogen) atoms. The maximum Gasteiger partial charge on any atom is 0.244 e. The number of aromatic nitrogens is 2. The third-order valence-corrected chi connectivity index (χ3v) is 5.12. The lowest BCUT2D eigenvalue weighted by Crippen LogP contribution is -2.45. The first-order chi connectivity index (χ1) is 13.1. The highest BCUT2D eigenvalue weighted by Crippen LogP contribution is 2.34. The first-order valence-corrected chi connectivity index (χ1v) is 9.44. The number of benzene rings is 1. The number of amides is 1. The van der Waals surface area contributed by atoms with E-state index in [1.54, 1.807) is 13.0 Å². The van der Waals surface area contributed by atoms with Gasteiger partial charge in [-0.2, -0.15) is 4.98 Å². The predicted molar refractivity (Wildman–Crippen MR) is 102 cm³/mol. The summed E-state index contributed by atoms with van der Waals surface area (Å²) in [5.41, 5.74) is 0.240. The summed E-state index contributed by atoms with van der Waals surface area (Å²) in [6, 6.07) is 9.69. The van der Waals surface area contributed by atoms with Crippen LogP contribution in [0.3, 0.4) is 0 Å². The van der Waals surface area contributed by atoms with Crippen LogP contribution in [-0.4, -0.2) is 16.0 Å². The summed E-state index contributed by atoms with van der Waals surface area (Å²) in [6.45, 7) is 1.77. The minimum Gasteiger partial charge on any atom is -0.457 e. The van der Waals surface area contributed by atoms with Crippen LogP contribution in [0.25, 0.3) is 17.0 Å². The standard InChI is InChI=1S/C21H23N3O3/c1-15-22-20(24-27-15)21(12-6-2-3-7-13-21)23-19(25)11-10-17-14-16-8-4-5-9-18(16)26-17/h4-5,8-11,14H,2-3,6-7,12-13H2,1H3,(H,23,25)/b11-10+. The molecule has 0 unspecified atom stereocenters. The highest BCUT2D eigenvalue weighted by atomic mass is 16.5. The van der Waals surface area contributed by atoms with Crippen molar-refractivity contribution < 1.29 is 13.7 Å². The molecule has 0 atom stereocenters. The molecular weight excluding hydrogens is 342 g/mol. The van der Waals surface area contributed by atoms with E-state index in [1.165, 1.54) is 6.08 Å². The fraction of sp³-hybridized carbons (Fsp3) is 0.381. The van der Waals surface area contributed by atoms with Gasteiger partial charge >= 0.3 is 0 Å². The van der Waals surface area contributed by atoms with Crippen LogP contribution in [-0.2, 0) is 10.3 Å². The van der Waals surface area contributed by atoms with E-state index in [1.807, 2.05) is 30.3 Å². The maximum atomic E-state index is 12.7. The van der Waals surface area contributed by atoms with E-state index >= 15 is 0 Å². The van der Waals surface area contributed by atoms with Crippen molar-refractivity contribution in [1.29, 1.82) is 0 Å². The highest BCUT2D eigenvalue weighted by Gasteiger charge is 2.38. The molecule has 1 aliphatic carbocycles. The molecule has 4 rings (SSSR count). The normalized spacial score (nSPS) is 17.2. The minimum atomic E-state index is -0.566. The quantitative estimate of drug-likeness (QED) is 0.544. The Kier molecular flexibility index (Phi) is 4.79. The fourth-order valence-corrected chi connectivity index (χ4v) is 3.75. The average molecular weight is 365 g/mol. The molecule has 0 aliphatic heterocycles. The monoisotopic (exact) mass is 365 g/mol. The van der Waals surface area contributed by atoms with Crippen molar-refractivity contribution in [3.63, 3.8) is 0 Å². The molecule has 1 aromatic carbocycles. The number of para-hydroxylation sites is 1. The zero-order chi connectivity index (χ0) is 18.7. The lowest BCUT2D eigenvalue weighted by atomic mass is 9.89. The molecule has 6 heteroatoms. The van der Waals surface area contributed by atoms with Crippen LogP contribution in [0.4, 0.5) is 0 Å². The molecule has 0 radical (unpaired) electrons. The highest BCUT2D eigenvalue weighted by molar-refractivity contribution is 5.92. The van der Waals surface area contributed by atoms with Gasteiger partial charge in [0.1, 0.15) is 16.9 Å². The van der Waals surface area contributed by atoms with Crippen molar-refractivity contribution in [3.8, 4) is 0 Å². The molecule has 1 N–H and O–H groups in total. The van der Waals surface area contributed by atoms with Crippen LogP contribution in [0.1, 0.15) is 56.0 Å². The molecule has 1 saturated carbocycles. The first-order valence-electron chi connectivity index (χ1n) is 9.44. The number of rotatable bonds is 4. The van der Waals surface area contributed by atoms with Crippen molar-refractivity contribution >= 4 is 23.0 Å². The number of aryl methyl sites for hydroxylation is 1. The second-order valence-electron chi connectivity index (χ2n) is 7.14. The van der Waals surface area contributed by atoms with Crippen LogP contribution in [0, 0.1) is 6.92 Å². The van der Waals surface area contributed by atoms with Gasteiger partial charge in [0.15, 0.2) is 5.82 Å². The average Bonchev–Trinajstić information content (AvgIpc) is 3.21. The third kappa shape index (κ3) is 3.79. The summed E-state index contributed by atoms with van der Waals surface area (Å²) in [5, 5.41) is 8.28. The van der Waals surface area contributed by atoms with Crippen molar-refractivity contribution in [3.05, 3.63) is 53.9 Å². The van der Waals surface area contributed by atoms with E-state index in [-0.39, 0.29) is 5.91 Å². The van der Waals surface area contributed by atoms with Crippen LogP contribution >= 0.6 is 0 Å². The summed E-state index contributed by atoms with van der Waals surface area (Å²) in [5.74, 6) is 1.56. The third-order valence-electron chi connectivity index (χ3n) is 5.12. The van der Waals surface area contributed by atoms with E-state index in [2.05, 4.69) is 15.5 Å². The summed E-state index contributed by atoms with van der Waals surface area (Å²) in [6.07, 6.45) is 9.21. The van der Waals surface area contributed by atoms with Gasteiger partial charge in [0.25, 0.3) is 0 Å². The van der Waals surface area contributed by atoms with Crippen molar-refractivity contribution in [1.82, 2.24) is 15.5 Å². The van der Waals surface area contributed by atoms with Gasteiger partial charge < -0.3 is 14.3 Å². The summed E-state index contributed by atoms with van der Waals surface area (Å²) < 4.78 is 10.9. The molecule has 2 aromatic heterocycles. The summed E-state index contributed by atoms with van der Waals surface area (Å²) >= 11 is 0. The Hall–Kier alpha value is -2.89. The summed E-state index contributed by atoms with van der Waals surface area (Å²) in [4.78, 5) is 17.1. The largest absolute Gasteiger partial charge is 0.457 e. The van der Waals surface area contributed by atoms with Crippen LogP contribution in [0.5, 0.6) is 0 Å². The molecule has 1 fully saturated rings. The molecule has 1 aliphatic rings. The molecule has 0 spiro atoms. The van der Waals surface area contributed by atoms with E-state index in [4.69, 9.17) is 8.94 Å². The second kappa shape index (κ2) is 7.39. The van der Waals surface area contributed by atoms with E-state index in [0.29, 0.717) is 17.5 Å². The molecule has 0 bridgehead atoms. The lowest BCUT2D eigenvalue weighted by Gasteiger charge is -2.30. The SMILES string of the molecule is Cc1nc(C2(NC(=O)/C=C/c3cc4ccccc4o3)CCCCCC2)no1. The summed E-state index contributed by atoms with van der Waals surface area (Å²) in [7, 11) is 0. The van der Waals surface area contributed by atoms with Crippen LogP contribution < -0.4 is 5.32 Å². The van der Waals surface area contributed by atoms with Crippen LogP contribution in [0.15, 0.2) is 45.3 Å². The Balaban J connectivity index is 1.54. The van der Waals surface area contributed by atoms with E-state index in [0.717, 1.165) is 49.5 Å².